The number of Topliss-reactive ketones (excluding diaryl/α,β-unsaturated/α-hetero) is 1. The molecule has 1 aliphatic carbocycles. The topological polar surface area (TPSA) is 17.1 Å². The van der Waals surface area contributed by atoms with Crippen molar-refractivity contribution in [2.75, 3.05) is 0 Å². The number of carbonyl (C=O) groups is 1. The fourth-order valence-electron chi connectivity index (χ4n) is 1.77. The molecular formula is C12H12O. The van der Waals surface area contributed by atoms with E-state index in [1.807, 2.05) is 43.3 Å². The first kappa shape index (κ1) is 8.24. The molecule has 0 unspecified atom stereocenters. The highest BCUT2D eigenvalue weighted by Gasteiger charge is 2.33. The van der Waals surface area contributed by atoms with Crippen LogP contribution in [0.25, 0.3) is 6.08 Å². The summed E-state index contributed by atoms with van der Waals surface area (Å²) in [6, 6.07) is 8.04. The number of allylic oxidation sites excluding steroid dienone is 1. The number of hydrogen-bond donors (Lipinski definition) is 0. The quantitative estimate of drug-likeness (QED) is 0.636. The van der Waals surface area contributed by atoms with E-state index in [4.69, 9.17) is 0 Å². The fraction of sp³-hybridized carbons (Fsp3) is 0.250. The van der Waals surface area contributed by atoms with E-state index in [1.165, 1.54) is 5.56 Å². The van der Waals surface area contributed by atoms with Crippen molar-refractivity contribution in [3.05, 3.63) is 41.5 Å². The van der Waals surface area contributed by atoms with E-state index in [9.17, 15) is 4.79 Å². The Kier molecular flexibility index (Phi) is 1.62. The average Bonchev–Trinajstić information content (AvgIpc) is 2.47. The Morgan fingerprint density at radius 2 is 2.00 bits per heavy atom. The molecule has 1 aliphatic rings. The smallest absolute Gasteiger partial charge is 0.143 e. The molecule has 0 saturated carbocycles. The van der Waals surface area contributed by atoms with Crippen LogP contribution in [0.2, 0.25) is 0 Å². The zero-order valence-electron chi connectivity index (χ0n) is 7.87. The first-order valence-electron chi connectivity index (χ1n) is 4.44. The molecule has 1 aromatic rings. The number of benzene rings is 1. The minimum Gasteiger partial charge on any atom is -0.299 e. The second kappa shape index (κ2) is 2.56. The lowest BCUT2D eigenvalue weighted by Gasteiger charge is -2.20. The highest BCUT2D eigenvalue weighted by molar-refractivity contribution is 5.94. The van der Waals surface area contributed by atoms with Gasteiger partial charge in [-0.05, 0) is 25.0 Å². The molecule has 1 nitrogen and oxygen atoms in total. The Morgan fingerprint density at radius 1 is 1.31 bits per heavy atom. The van der Waals surface area contributed by atoms with Gasteiger partial charge in [0.2, 0.25) is 0 Å². The molecule has 0 radical (unpaired) electrons. The third-order valence-electron chi connectivity index (χ3n) is 2.85. The molecule has 0 spiro atoms. The predicted molar refractivity (Wildman–Crippen MR) is 53.5 cm³/mol. The molecule has 0 heterocycles. The molecule has 0 N–H and O–H groups in total. The molecule has 66 valence electrons. The normalized spacial score (nSPS) is 24.5. The van der Waals surface area contributed by atoms with Crippen LogP contribution < -0.4 is 0 Å². The minimum absolute atomic E-state index is 0.203. The van der Waals surface area contributed by atoms with Crippen LogP contribution in [0.15, 0.2) is 30.3 Å². The van der Waals surface area contributed by atoms with E-state index in [0.717, 1.165) is 5.56 Å². The maximum absolute atomic E-state index is 11.5. The standard InChI is InChI=1S/C12H12O/c1-9(13)12(2)8-7-10-5-3-4-6-11(10)12/h3-8H,1-2H3/t12-/m0/s1. The summed E-state index contributed by atoms with van der Waals surface area (Å²) in [6.45, 7) is 3.62. The molecule has 13 heavy (non-hydrogen) atoms. The lowest BCUT2D eigenvalue weighted by atomic mass is 9.81. The van der Waals surface area contributed by atoms with Crippen LogP contribution in [0.4, 0.5) is 0 Å². The molecule has 0 amide bonds. The minimum atomic E-state index is -0.392. The number of carbonyl (C=O) groups excluding carboxylic acids is 1. The molecule has 0 aliphatic heterocycles. The summed E-state index contributed by atoms with van der Waals surface area (Å²) in [4.78, 5) is 11.5. The van der Waals surface area contributed by atoms with Gasteiger partial charge in [-0.1, -0.05) is 36.4 Å². The van der Waals surface area contributed by atoms with Crippen molar-refractivity contribution in [1.82, 2.24) is 0 Å². The molecule has 0 bridgehead atoms. The molecule has 1 aromatic carbocycles. The second-order valence-corrected chi connectivity index (χ2v) is 3.68. The van der Waals surface area contributed by atoms with Crippen molar-refractivity contribution in [1.29, 1.82) is 0 Å². The van der Waals surface area contributed by atoms with Crippen molar-refractivity contribution in [3.63, 3.8) is 0 Å². The van der Waals surface area contributed by atoms with Gasteiger partial charge in [0, 0.05) is 0 Å². The summed E-state index contributed by atoms with van der Waals surface area (Å²) >= 11 is 0. The lowest BCUT2D eigenvalue weighted by Crippen LogP contribution is -2.26. The van der Waals surface area contributed by atoms with Crippen LogP contribution in [0.5, 0.6) is 0 Å². The van der Waals surface area contributed by atoms with E-state index in [2.05, 4.69) is 0 Å². The van der Waals surface area contributed by atoms with Gasteiger partial charge in [-0.3, -0.25) is 4.79 Å². The number of hydrogen-bond acceptors (Lipinski definition) is 1. The van der Waals surface area contributed by atoms with Gasteiger partial charge in [0.1, 0.15) is 5.78 Å². The summed E-state index contributed by atoms with van der Waals surface area (Å²) in [7, 11) is 0. The molecular weight excluding hydrogens is 160 g/mol. The Balaban J connectivity index is 2.61. The van der Waals surface area contributed by atoms with Crippen LogP contribution in [0, 0.1) is 0 Å². The van der Waals surface area contributed by atoms with E-state index >= 15 is 0 Å². The summed E-state index contributed by atoms with van der Waals surface area (Å²) in [5, 5.41) is 0. The summed E-state index contributed by atoms with van der Waals surface area (Å²) in [6.07, 6.45) is 4.01. The van der Waals surface area contributed by atoms with Gasteiger partial charge in [-0.2, -0.15) is 0 Å². The van der Waals surface area contributed by atoms with Crippen molar-refractivity contribution in [2.45, 2.75) is 19.3 Å². The van der Waals surface area contributed by atoms with Crippen molar-refractivity contribution in [2.24, 2.45) is 0 Å². The Bertz CT molecular complexity index is 390. The van der Waals surface area contributed by atoms with Gasteiger partial charge in [-0.25, -0.2) is 0 Å². The van der Waals surface area contributed by atoms with Crippen LogP contribution in [-0.4, -0.2) is 5.78 Å². The molecule has 0 aromatic heterocycles. The lowest BCUT2D eigenvalue weighted by molar-refractivity contribution is -0.120. The van der Waals surface area contributed by atoms with Gasteiger partial charge >= 0.3 is 0 Å². The van der Waals surface area contributed by atoms with Crippen LogP contribution in [0.3, 0.4) is 0 Å². The van der Waals surface area contributed by atoms with Gasteiger partial charge in [0.25, 0.3) is 0 Å². The summed E-state index contributed by atoms with van der Waals surface area (Å²) in [5.74, 6) is 0.203. The zero-order chi connectivity index (χ0) is 9.47. The van der Waals surface area contributed by atoms with Crippen molar-refractivity contribution >= 4 is 11.9 Å². The largest absolute Gasteiger partial charge is 0.299 e. The molecule has 1 heteroatoms. The maximum Gasteiger partial charge on any atom is 0.143 e. The highest BCUT2D eigenvalue weighted by atomic mass is 16.1. The fourth-order valence-corrected chi connectivity index (χ4v) is 1.77. The van der Waals surface area contributed by atoms with Crippen LogP contribution in [-0.2, 0) is 10.2 Å². The predicted octanol–water partition coefficient (Wildman–Crippen LogP) is 2.56. The molecule has 1 atom stereocenters. The maximum atomic E-state index is 11.5. The average molecular weight is 172 g/mol. The highest BCUT2D eigenvalue weighted by Crippen LogP contribution is 2.35. The number of rotatable bonds is 1. The Hall–Kier alpha value is -1.37. The van der Waals surface area contributed by atoms with E-state index in [-0.39, 0.29) is 5.78 Å². The summed E-state index contributed by atoms with van der Waals surface area (Å²) in [5.41, 5.74) is 1.90. The first-order valence-corrected chi connectivity index (χ1v) is 4.44. The van der Waals surface area contributed by atoms with Crippen molar-refractivity contribution in [3.8, 4) is 0 Å². The monoisotopic (exact) mass is 172 g/mol. The third-order valence-corrected chi connectivity index (χ3v) is 2.85. The SMILES string of the molecule is CC(=O)[C@]1(C)C=Cc2ccccc21. The summed E-state index contributed by atoms with van der Waals surface area (Å²) < 4.78 is 0. The van der Waals surface area contributed by atoms with E-state index in [0.29, 0.717) is 0 Å². The van der Waals surface area contributed by atoms with Gasteiger partial charge in [0.05, 0.1) is 5.41 Å². The molecule has 0 saturated heterocycles. The van der Waals surface area contributed by atoms with Crippen molar-refractivity contribution < 1.29 is 4.79 Å². The van der Waals surface area contributed by atoms with E-state index in [1.54, 1.807) is 6.92 Å². The first-order chi connectivity index (χ1) is 6.14. The van der Waals surface area contributed by atoms with Gasteiger partial charge < -0.3 is 0 Å². The van der Waals surface area contributed by atoms with Crippen LogP contribution >= 0.6 is 0 Å². The van der Waals surface area contributed by atoms with E-state index < -0.39 is 5.41 Å². The molecule has 0 fully saturated rings. The Labute approximate surface area is 78.1 Å². The molecule has 2 rings (SSSR count). The van der Waals surface area contributed by atoms with Gasteiger partial charge in [-0.15, -0.1) is 0 Å². The number of ketones is 1. The number of fused-ring (bicyclic) bond motifs is 1. The second-order valence-electron chi connectivity index (χ2n) is 3.68. The zero-order valence-corrected chi connectivity index (χ0v) is 7.87. The third kappa shape index (κ3) is 1.04. The van der Waals surface area contributed by atoms with Gasteiger partial charge in [0.15, 0.2) is 0 Å². The van der Waals surface area contributed by atoms with Crippen LogP contribution in [0.1, 0.15) is 25.0 Å². The Morgan fingerprint density at radius 3 is 2.69 bits per heavy atom.